The Morgan fingerprint density at radius 1 is 1.24 bits per heavy atom. The van der Waals surface area contributed by atoms with Crippen molar-refractivity contribution in [3.63, 3.8) is 0 Å². The Morgan fingerprint density at radius 3 is 2.76 bits per heavy atom. The summed E-state index contributed by atoms with van der Waals surface area (Å²) in [4.78, 5) is 26.2. The van der Waals surface area contributed by atoms with Crippen LogP contribution in [0.5, 0.6) is 5.75 Å². The van der Waals surface area contributed by atoms with Gasteiger partial charge in [-0.05, 0) is 76.2 Å². The molecule has 0 bridgehead atoms. The summed E-state index contributed by atoms with van der Waals surface area (Å²) < 4.78 is 7.79. The molecule has 0 aliphatic carbocycles. The molecule has 216 valence electrons. The number of methoxy groups -OCH3 is 1. The molecule has 0 spiro atoms. The van der Waals surface area contributed by atoms with Gasteiger partial charge in [-0.15, -0.1) is 0 Å². The van der Waals surface area contributed by atoms with Crippen molar-refractivity contribution in [1.29, 1.82) is 5.26 Å². The molecule has 1 amide bonds. The maximum atomic E-state index is 12.5. The Balaban J connectivity index is 1.55. The highest BCUT2D eigenvalue weighted by atomic mass is 16.5. The summed E-state index contributed by atoms with van der Waals surface area (Å²) >= 11 is 0. The smallest absolute Gasteiger partial charge is 0.247 e. The quantitative estimate of drug-likeness (QED) is 0.267. The monoisotopic (exact) mass is 564 g/mol. The maximum absolute atomic E-state index is 12.5. The summed E-state index contributed by atoms with van der Waals surface area (Å²) in [6, 6.07) is 11.8. The first-order valence-electron chi connectivity index (χ1n) is 13.9. The number of aromatic nitrogens is 3. The van der Waals surface area contributed by atoms with Gasteiger partial charge in [-0.1, -0.05) is 6.58 Å². The van der Waals surface area contributed by atoms with Gasteiger partial charge in [0.1, 0.15) is 11.8 Å². The number of ether oxygens (including phenoxy) is 1. The molecule has 1 unspecified atom stereocenters. The second-order valence-corrected chi connectivity index (χ2v) is 10.7. The van der Waals surface area contributed by atoms with Crippen LogP contribution in [0.25, 0.3) is 22.2 Å². The van der Waals surface area contributed by atoms with E-state index in [-0.39, 0.29) is 12.1 Å². The number of carbonyl (C=O) groups excluding carboxylic acids is 1. The second kappa shape index (κ2) is 11.9. The van der Waals surface area contributed by atoms with Gasteiger partial charge in [-0.25, -0.2) is 9.97 Å². The van der Waals surface area contributed by atoms with E-state index >= 15 is 0 Å². The number of hydrogen-bond donors (Lipinski definition) is 2. The second-order valence-electron chi connectivity index (χ2n) is 10.7. The molecule has 1 aliphatic rings. The van der Waals surface area contributed by atoms with E-state index in [2.05, 4.69) is 58.2 Å². The van der Waals surface area contributed by atoms with Crippen LogP contribution in [0.1, 0.15) is 30.4 Å². The predicted octanol–water partition coefficient (Wildman–Crippen LogP) is 5.57. The highest BCUT2D eigenvalue weighted by Crippen LogP contribution is 2.41. The van der Waals surface area contributed by atoms with Crippen LogP contribution < -0.4 is 20.3 Å². The van der Waals surface area contributed by atoms with Crippen molar-refractivity contribution in [1.82, 2.24) is 19.4 Å². The Bertz CT molecular complexity index is 1700. The van der Waals surface area contributed by atoms with Crippen molar-refractivity contribution >= 4 is 39.8 Å². The van der Waals surface area contributed by atoms with Gasteiger partial charge in [0, 0.05) is 43.0 Å². The lowest BCUT2D eigenvalue weighted by Crippen LogP contribution is -2.48. The van der Waals surface area contributed by atoms with Crippen LogP contribution >= 0.6 is 0 Å². The van der Waals surface area contributed by atoms with E-state index < -0.39 is 0 Å². The SMILES string of the molecule is C=CC(=O)Nc1cc(Nc2nccc(-c3cc(C#N)c4c(c3)c(C)cn4C)n2)c(OC)cc1N1CCCCC1N(C)C. The standard InChI is InChI=1S/C32H36N8O2/c1-7-29(41)35-25-16-26(28(42-6)17-27(25)40-13-9-8-10-30(40)38(3)4)37-32-34-12-11-24(36-32)21-14-22(18-33)31-23(15-21)20(2)19-39(31)5/h7,11-12,14-17,19,30H,1,8-10,13H2,2-6H3,(H,35,41)(H,34,36,37). The number of rotatable bonds is 8. The van der Waals surface area contributed by atoms with E-state index in [0.717, 1.165) is 53.5 Å². The third-order valence-electron chi connectivity index (χ3n) is 7.73. The summed E-state index contributed by atoms with van der Waals surface area (Å²) in [6.45, 7) is 6.52. The zero-order valence-corrected chi connectivity index (χ0v) is 24.7. The van der Waals surface area contributed by atoms with Gasteiger partial charge in [-0.2, -0.15) is 5.26 Å². The lowest BCUT2D eigenvalue weighted by atomic mass is 10.0. The zero-order valence-electron chi connectivity index (χ0n) is 24.7. The summed E-state index contributed by atoms with van der Waals surface area (Å²) in [5.41, 5.74) is 6.17. The van der Waals surface area contributed by atoms with Crippen molar-refractivity contribution in [2.45, 2.75) is 32.4 Å². The predicted molar refractivity (Wildman–Crippen MR) is 167 cm³/mol. The van der Waals surface area contributed by atoms with Crippen molar-refractivity contribution in [3.05, 3.63) is 66.5 Å². The zero-order chi connectivity index (χ0) is 30.0. The molecule has 5 rings (SSSR count). The lowest BCUT2D eigenvalue weighted by molar-refractivity contribution is -0.111. The number of benzene rings is 2. The highest BCUT2D eigenvalue weighted by Gasteiger charge is 2.28. The van der Waals surface area contributed by atoms with Crippen molar-refractivity contribution in [2.75, 3.05) is 43.3 Å². The first-order chi connectivity index (χ1) is 20.2. The van der Waals surface area contributed by atoms with E-state index in [1.807, 2.05) is 49.0 Å². The average molecular weight is 565 g/mol. The van der Waals surface area contributed by atoms with Crippen LogP contribution in [-0.4, -0.2) is 59.3 Å². The molecule has 10 heteroatoms. The van der Waals surface area contributed by atoms with E-state index in [4.69, 9.17) is 9.72 Å². The summed E-state index contributed by atoms with van der Waals surface area (Å²) in [6.07, 6.45) is 8.36. The van der Waals surface area contributed by atoms with Gasteiger partial charge < -0.3 is 24.8 Å². The molecule has 2 aromatic carbocycles. The molecule has 1 saturated heterocycles. The van der Waals surface area contributed by atoms with E-state index in [1.165, 1.54) is 6.08 Å². The van der Waals surface area contributed by atoms with Gasteiger partial charge in [-0.3, -0.25) is 9.69 Å². The van der Waals surface area contributed by atoms with Crippen LogP contribution in [-0.2, 0) is 11.8 Å². The summed E-state index contributed by atoms with van der Waals surface area (Å²) in [5.74, 6) is 0.641. The van der Waals surface area contributed by atoms with Gasteiger partial charge in [0.2, 0.25) is 11.9 Å². The third-order valence-corrected chi connectivity index (χ3v) is 7.73. The lowest BCUT2D eigenvalue weighted by Gasteiger charge is -2.42. The Morgan fingerprint density at radius 2 is 2.05 bits per heavy atom. The number of fused-ring (bicyclic) bond motifs is 1. The van der Waals surface area contributed by atoms with Crippen molar-refractivity contribution in [3.8, 4) is 23.1 Å². The van der Waals surface area contributed by atoms with Gasteiger partial charge in [0.05, 0.1) is 47.1 Å². The minimum Gasteiger partial charge on any atom is -0.494 e. The van der Waals surface area contributed by atoms with Crippen LogP contribution in [0.4, 0.5) is 23.0 Å². The number of nitrogens with zero attached hydrogens (tertiary/aromatic N) is 6. The third kappa shape index (κ3) is 5.51. The molecular weight excluding hydrogens is 528 g/mol. The number of nitriles is 1. The van der Waals surface area contributed by atoms with Gasteiger partial charge in [0.15, 0.2) is 0 Å². The summed E-state index contributed by atoms with van der Waals surface area (Å²) in [5, 5.41) is 17.1. The van der Waals surface area contributed by atoms with Crippen molar-refractivity contribution in [2.24, 2.45) is 7.05 Å². The van der Waals surface area contributed by atoms with E-state index in [0.29, 0.717) is 34.3 Å². The van der Waals surface area contributed by atoms with Crippen LogP contribution in [0, 0.1) is 18.3 Å². The highest BCUT2D eigenvalue weighted by molar-refractivity contribution is 6.02. The molecule has 1 fully saturated rings. The fraction of sp³-hybridized carbons (Fsp3) is 0.312. The number of nitrogens with one attached hydrogen (secondary N) is 2. The first kappa shape index (κ1) is 28.6. The first-order valence-corrected chi connectivity index (χ1v) is 13.9. The normalized spacial score (nSPS) is 15.0. The minimum atomic E-state index is -0.302. The van der Waals surface area contributed by atoms with Crippen molar-refractivity contribution < 1.29 is 9.53 Å². The number of anilines is 4. The van der Waals surface area contributed by atoms with Crippen LogP contribution in [0.3, 0.4) is 0 Å². The summed E-state index contributed by atoms with van der Waals surface area (Å²) in [7, 11) is 7.70. The Labute approximate surface area is 246 Å². The van der Waals surface area contributed by atoms with Crippen LogP contribution in [0.2, 0.25) is 0 Å². The molecule has 1 atom stereocenters. The van der Waals surface area contributed by atoms with E-state index in [1.54, 1.807) is 13.3 Å². The molecule has 42 heavy (non-hydrogen) atoms. The molecule has 4 aromatic rings. The number of piperidine rings is 1. The Kier molecular flexibility index (Phi) is 8.13. The van der Waals surface area contributed by atoms with E-state index in [9.17, 15) is 10.1 Å². The molecule has 2 aromatic heterocycles. The maximum Gasteiger partial charge on any atom is 0.247 e. The van der Waals surface area contributed by atoms with Gasteiger partial charge >= 0.3 is 0 Å². The largest absolute Gasteiger partial charge is 0.494 e. The average Bonchev–Trinajstić information content (AvgIpc) is 3.29. The molecular formula is C32H36N8O2. The molecule has 0 radical (unpaired) electrons. The molecule has 0 saturated carbocycles. The molecule has 1 aliphatic heterocycles. The number of hydrogen-bond acceptors (Lipinski definition) is 8. The number of aryl methyl sites for hydroxylation is 2. The van der Waals surface area contributed by atoms with Gasteiger partial charge in [0.25, 0.3) is 0 Å². The fourth-order valence-corrected chi connectivity index (χ4v) is 5.76. The molecule has 2 N–H and O–H groups in total. The molecule has 10 nitrogen and oxygen atoms in total. The number of carbonyl (C=O) groups is 1. The number of amides is 1. The fourth-order valence-electron chi connectivity index (χ4n) is 5.76. The van der Waals surface area contributed by atoms with Crippen LogP contribution in [0.15, 0.2) is 55.4 Å². The molecule has 3 heterocycles. The topological polar surface area (TPSA) is 111 Å². The Hall–Kier alpha value is -4.88. The minimum absolute atomic E-state index is 0.186.